The van der Waals surface area contributed by atoms with Gasteiger partial charge in [0.1, 0.15) is 0 Å². The quantitative estimate of drug-likeness (QED) is 0.581. The molecule has 0 aliphatic rings. The minimum atomic E-state index is -0.239. The summed E-state index contributed by atoms with van der Waals surface area (Å²) in [6, 6.07) is 8.20. The molecule has 0 fully saturated rings. The van der Waals surface area contributed by atoms with Crippen LogP contribution in [-0.2, 0) is 9.53 Å². The molecule has 0 radical (unpaired) electrons. The Balaban J connectivity index is 2.49. The van der Waals surface area contributed by atoms with Gasteiger partial charge in [0.15, 0.2) is 0 Å². The molecule has 0 unspecified atom stereocenters. The summed E-state index contributed by atoms with van der Waals surface area (Å²) < 4.78 is 4.53. The lowest BCUT2D eigenvalue weighted by Gasteiger charge is -2.00. The second-order valence-electron chi connectivity index (χ2n) is 3.96. The highest BCUT2D eigenvalue weighted by Crippen LogP contribution is 2.14. The molecule has 18 heavy (non-hydrogen) atoms. The van der Waals surface area contributed by atoms with Crippen LogP contribution in [-0.4, -0.2) is 13.1 Å². The molecule has 0 aliphatic heterocycles. The van der Waals surface area contributed by atoms with E-state index in [0.717, 1.165) is 11.1 Å². The first kappa shape index (κ1) is 14.0. The summed E-state index contributed by atoms with van der Waals surface area (Å²) in [6.45, 7) is 6.04. The lowest BCUT2D eigenvalue weighted by atomic mass is 10.1. The molecule has 0 bridgehead atoms. The molecule has 2 nitrogen and oxygen atoms in total. The van der Waals surface area contributed by atoms with Crippen molar-refractivity contribution in [2.24, 2.45) is 0 Å². The van der Waals surface area contributed by atoms with E-state index < -0.39 is 0 Å². The van der Waals surface area contributed by atoms with Crippen LogP contribution in [0.2, 0.25) is 0 Å². The molecule has 0 heterocycles. The van der Waals surface area contributed by atoms with Crippen molar-refractivity contribution in [2.75, 3.05) is 7.11 Å². The molecular weight excluding hydrogens is 224 g/mol. The summed E-state index contributed by atoms with van der Waals surface area (Å²) in [7, 11) is 1.38. The van der Waals surface area contributed by atoms with Crippen molar-refractivity contribution < 1.29 is 9.53 Å². The predicted molar refractivity (Wildman–Crippen MR) is 75.1 cm³/mol. The fraction of sp³-hybridized carbons (Fsp3) is 0.188. The first-order valence-corrected chi connectivity index (χ1v) is 5.79. The van der Waals surface area contributed by atoms with Gasteiger partial charge >= 0.3 is 5.97 Å². The summed E-state index contributed by atoms with van der Waals surface area (Å²) in [4.78, 5) is 10.8. The highest BCUT2D eigenvalue weighted by atomic mass is 16.5. The zero-order chi connectivity index (χ0) is 13.4. The number of methoxy groups -OCH3 is 1. The molecule has 0 saturated heterocycles. The predicted octanol–water partition coefficient (Wildman–Crippen LogP) is 3.68. The number of carbonyl (C=O) groups is 1. The van der Waals surface area contributed by atoms with Crippen LogP contribution in [0.5, 0.6) is 0 Å². The van der Waals surface area contributed by atoms with Crippen LogP contribution < -0.4 is 0 Å². The largest absolute Gasteiger partial charge is 0.469 e. The van der Waals surface area contributed by atoms with E-state index in [1.54, 1.807) is 6.08 Å². The summed E-state index contributed by atoms with van der Waals surface area (Å²) in [5.74, 6) is -0.239. The third-order valence-corrected chi connectivity index (χ3v) is 2.48. The van der Waals surface area contributed by atoms with Gasteiger partial charge in [-0.15, -0.1) is 0 Å². The average Bonchev–Trinajstić information content (AvgIpc) is 2.38. The molecule has 2 heteroatoms. The Labute approximate surface area is 108 Å². The minimum absolute atomic E-state index is 0.239. The Morgan fingerprint density at radius 3 is 2.56 bits per heavy atom. The molecule has 94 valence electrons. The SMILES string of the molecule is C=C(/C=C\C=C/CC(=O)OC)c1ccc(C)cc1. The van der Waals surface area contributed by atoms with Crippen molar-refractivity contribution in [3.05, 3.63) is 66.3 Å². The van der Waals surface area contributed by atoms with Gasteiger partial charge in [0.05, 0.1) is 13.5 Å². The Bertz CT molecular complexity index is 464. The van der Waals surface area contributed by atoms with E-state index >= 15 is 0 Å². The van der Waals surface area contributed by atoms with Gasteiger partial charge in [0, 0.05) is 0 Å². The average molecular weight is 242 g/mol. The molecule has 1 rings (SSSR count). The lowest BCUT2D eigenvalue weighted by Crippen LogP contribution is -1.96. The van der Waals surface area contributed by atoms with E-state index in [4.69, 9.17) is 0 Å². The fourth-order valence-electron chi connectivity index (χ4n) is 1.36. The van der Waals surface area contributed by atoms with E-state index in [1.165, 1.54) is 12.7 Å². The second-order valence-corrected chi connectivity index (χ2v) is 3.96. The molecular formula is C16H18O2. The van der Waals surface area contributed by atoms with Crippen molar-refractivity contribution in [1.29, 1.82) is 0 Å². The molecule has 0 amide bonds. The maximum atomic E-state index is 10.8. The summed E-state index contributed by atoms with van der Waals surface area (Å²) in [6.07, 6.45) is 7.64. The third kappa shape index (κ3) is 4.83. The molecule has 0 N–H and O–H groups in total. The van der Waals surface area contributed by atoms with Crippen molar-refractivity contribution >= 4 is 11.5 Å². The fourth-order valence-corrected chi connectivity index (χ4v) is 1.36. The van der Waals surface area contributed by atoms with Crippen LogP contribution in [0.1, 0.15) is 17.5 Å². The maximum Gasteiger partial charge on any atom is 0.309 e. The molecule has 0 saturated carbocycles. The van der Waals surface area contributed by atoms with Gasteiger partial charge in [-0.05, 0) is 18.1 Å². The molecule has 1 aromatic carbocycles. The van der Waals surface area contributed by atoms with E-state index in [9.17, 15) is 4.79 Å². The van der Waals surface area contributed by atoms with E-state index in [-0.39, 0.29) is 12.4 Å². The highest BCUT2D eigenvalue weighted by Gasteiger charge is 1.94. The molecule has 0 atom stereocenters. The van der Waals surface area contributed by atoms with E-state index in [1.807, 2.05) is 30.4 Å². The van der Waals surface area contributed by atoms with Crippen molar-refractivity contribution in [3.63, 3.8) is 0 Å². The maximum absolute atomic E-state index is 10.8. The van der Waals surface area contributed by atoms with Crippen LogP contribution in [0.15, 0.2) is 55.1 Å². The third-order valence-electron chi connectivity index (χ3n) is 2.48. The van der Waals surface area contributed by atoms with Crippen LogP contribution in [0.3, 0.4) is 0 Å². The van der Waals surface area contributed by atoms with Gasteiger partial charge in [-0.2, -0.15) is 0 Å². The van der Waals surface area contributed by atoms with Crippen molar-refractivity contribution in [1.82, 2.24) is 0 Å². The standard InChI is InChI=1S/C16H18O2/c1-13-9-11-15(12-10-13)14(2)7-5-4-6-8-16(17)18-3/h4-7,9-12H,2,8H2,1,3H3/b6-4-,7-5-. The number of ether oxygens (including phenoxy) is 1. The van der Waals surface area contributed by atoms with Gasteiger partial charge in [-0.3, -0.25) is 4.79 Å². The van der Waals surface area contributed by atoms with Crippen molar-refractivity contribution in [3.8, 4) is 0 Å². The first-order valence-electron chi connectivity index (χ1n) is 5.79. The van der Waals surface area contributed by atoms with Gasteiger partial charge in [-0.25, -0.2) is 0 Å². The zero-order valence-corrected chi connectivity index (χ0v) is 10.8. The van der Waals surface area contributed by atoms with Crippen LogP contribution in [0.25, 0.3) is 5.57 Å². The monoisotopic (exact) mass is 242 g/mol. The number of aryl methyl sites for hydroxylation is 1. The smallest absolute Gasteiger partial charge is 0.309 e. The number of carbonyl (C=O) groups excluding carboxylic acids is 1. The highest BCUT2D eigenvalue weighted by molar-refractivity contribution is 5.73. The summed E-state index contributed by atoms with van der Waals surface area (Å²) >= 11 is 0. The number of rotatable bonds is 5. The second kappa shape index (κ2) is 7.28. The summed E-state index contributed by atoms with van der Waals surface area (Å²) in [5.41, 5.74) is 3.27. The van der Waals surface area contributed by atoms with Crippen LogP contribution >= 0.6 is 0 Å². The van der Waals surface area contributed by atoms with E-state index in [2.05, 4.69) is 30.4 Å². The topological polar surface area (TPSA) is 26.3 Å². The Morgan fingerprint density at radius 2 is 1.94 bits per heavy atom. The number of allylic oxidation sites excluding steroid dienone is 4. The number of hydrogen-bond acceptors (Lipinski definition) is 2. The van der Waals surface area contributed by atoms with Gasteiger partial charge < -0.3 is 4.74 Å². The normalized spacial score (nSPS) is 11.0. The number of esters is 1. The van der Waals surface area contributed by atoms with Gasteiger partial charge in [0.25, 0.3) is 0 Å². The Kier molecular flexibility index (Phi) is 5.65. The first-order chi connectivity index (χ1) is 8.63. The zero-order valence-electron chi connectivity index (χ0n) is 10.8. The lowest BCUT2D eigenvalue weighted by molar-refractivity contribution is -0.139. The Hall–Kier alpha value is -2.09. The van der Waals surface area contributed by atoms with E-state index in [0.29, 0.717) is 0 Å². The van der Waals surface area contributed by atoms with Gasteiger partial charge in [0.2, 0.25) is 0 Å². The molecule has 0 spiro atoms. The van der Waals surface area contributed by atoms with Crippen molar-refractivity contribution in [2.45, 2.75) is 13.3 Å². The minimum Gasteiger partial charge on any atom is -0.469 e. The van der Waals surface area contributed by atoms with Gasteiger partial charge in [-0.1, -0.05) is 60.7 Å². The van der Waals surface area contributed by atoms with Crippen LogP contribution in [0.4, 0.5) is 0 Å². The summed E-state index contributed by atoms with van der Waals surface area (Å²) in [5, 5.41) is 0. The van der Waals surface area contributed by atoms with Crippen LogP contribution in [0, 0.1) is 6.92 Å². The molecule has 1 aromatic rings. The number of benzene rings is 1. The number of hydrogen-bond donors (Lipinski definition) is 0. The molecule has 0 aromatic heterocycles. The Morgan fingerprint density at radius 1 is 1.28 bits per heavy atom. The molecule has 0 aliphatic carbocycles.